The van der Waals surface area contributed by atoms with Gasteiger partial charge in [-0.15, -0.1) is 0 Å². The van der Waals surface area contributed by atoms with Gasteiger partial charge in [-0.25, -0.2) is 0 Å². The van der Waals surface area contributed by atoms with Gasteiger partial charge in [0.1, 0.15) is 11.2 Å². The summed E-state index contributed by atoms with van der Waals surface area (Å²) < 4.78 is 252. The van der Waals surface area contributed by atoms with E-state index in [1.54, 1.807) is 0 Å². The minimum Gasteiger partial charge on any atom is -0.456 e. The fourth-order valence-electron chi connectivity index (χ4n) is 7.00. The van der Waals surface area contributed by atoms with Gasteiger partial charge < -0.3 is 18.1 Å². The Kier molecular flexibility index (Phi) is 2.49. The van der Waals surface area contributed by atoms with Crippen molar-refractivity contribution in [1.29, 1.82) is 0 Å². The Morgan fingerprint density at radius 3 is 1.42 bits per heavy atom. The summed E-state index contributed by atoms with van der Waals surface area (Å²) in [5.74, 6) is 0. The first kappa shape index (κ1) is 12.6. The average molecular weight is 691 g/mol. The summed E-state index contributed by atoms with van der Waals surface area (Å²) in [5.41, 5.74) is -5.04. The van der Waals surface area contributed by atoms with Crippen molar-refractivity contribution in [2.75, 3.05) is 0 Å². The standard InChI is InChI=1S/C48H29N3O/c1-6-17-39-32(12-1)33-13-2-7-18-40(33)49(39)30-25-27-44-38(28-30)36-16-5-8-19-41(36)50(44)31-24-26-37-47(29-31)52-46-23-11-22-45(48(37)46)51-42-20-9-3-14-34(42)35-15-4-10-21-43(35)51/h1-29H/i1D,2D,3D,4D,5D,6D,7D,8D,9D,10D,11D,12D,13D,14D,15D,16D,17D,18D,19D,20D,21D,22D,23D,25D,26D,27D,28D. The largest absolute Gasteiger partial charge is 0.456 e. The summed E-state index contributed by atoms with van der Waals surface area (Å²) in [6, 6.07) is -18.6. The highest BCUT2D eigenvalue weighted by atomic mass is 16.3. The van der Waals surface area contributed by atoms with E-state index in [4.69, 9.17) is 31.8 Å². The number of hydrogen-bond acceptors (Lipinski definition) is 1. The third-order valence-corrected chi connectivity index (χ3v) is 9.09. The molecule has 0 fully saturated rings. The molecule has 4 aromatic heterocycles. The van der Waals surface area contributed by atoms with Crippen molar-refractivity contribution in [3.8, 4) is 17.1 Å². The van der Waals surface area contributed by atoms with Crippen LogP contribution in [0.25, 0.3) is 104 Å². The fraction of sp³-hybridized carbons (Fsp3) is 0. The van der Waals surface area contributed by atoms with Crippen molar-refractivity contribution >= 4 is 87.4 Å². The van der Waals surface area contributed by atoms with Crippen LogP contribution in [0.2, 0.25) is 0 Å². The first-order valence-electron chi connectivity index (χ1n) is 29.1. The zero-order valence-corrected chi connectivity index (χ0v) is 25.9. The van der Waals surface area contributed by atoms with Crippen LogP contribution >= 0.6 is 0 Å². The van der Waals surface area contributed by atoms with Crippen LogP contribution in [-0.4, -0.2) is 13.7 Å². The van der Waals surface area contributed by atoms with E-state index in [0.29, 0.717) is 0 Å². The molecule has 0 bridgehead atoms. The summed E-state index contributed by atoms with van der Waals surface area (Å²) in [4.78, 5) is 0. The summed E-state index contributed by atoms with van der Waals surface area (Å²) in [5, 5.41) is -3.01. The lowest BCUT2D eigenvalue weighted by atomic mass is 10.1. The molecular formula is C48H29N3O. The van der Waals surface area contributed by atoms with E-state index >= 15 is 0 Å². The number of hydrogen-bond donors (Lipinski definition) is 0. The van der Waals surface area contributed by atoms with E-state index in [1.165, 1.54) is 6.07 Å². The van der Waals surface area contributed by atoms with Crippen molar-refractivity contribution in [3.63, 3.8) is 0 Å². The molecule has 12 rings (SSSR count). The molecule has 12 aromatic rings. The molecule has 0 spiro atoms. The molecule has 0 unspecified atom stereocenters. The molecule has 4 heteroatoms. The van der Waals surface area contributed by atoms with Gasteiger partial charge in [-0.3, -0.25) is 0 Å². The number of rotatable bonds is 3. The second kappa shape index (κ2) is 10.3. The van der Waals surface area contributed by atoms with Crippen LogP contribution in [-0.2, 0) is 0 Å². The monoisotopic (exact) mass is 690 g/mol. The molecule has 0 saturated carbocycles. The molecule has 0 atom stereocenters. The molecule has 52 heavy (non-hydrogen) atoms. The van der Waals surface area contributed by atoms with Gasteiger partial charge >= 0.3 is 0 Å². The molecule has 0 amide bonds. The van der Waals surface area contributed by atoms with Crippen LogP contribution < -0.4 is 0 Å². The topological polar surface area (TPSA) is 27.9 Å². The second-order valence-corrected chi connectivity index (χ2v) is 11.7. The van der Waals surface area contributed by atoms with Gasteiger partial charge in [0.15, 0.2) is 0 Å². The van der Waals surface area contributed by atoms with Crippen molar-refractivity contribution in [1.82, 2.24) is 13.7 Å². The molecule has 0 aliphatic heterocycles. The van der Waals surface area contributed by atoms with Gasteiger partial charge in [0, 0.05) is 55.1 Å². The predicted octanol–water partition coefficient (Wildman–Crippen LogP) is 12.9. The third kappa shape index (κ3) is 3.65. The molecule has 0 N–H and O–H groups in total. The van der Waals surface area contributed by atoms with Gasteiger partial charge in [0.25, 0.3) is 0 Å². The van der Waals surface area contributed by atoms with Gasteiger partial charge in [-0.05, 0) is 72.5 Å². The minimum absolute atomic E-state index is 0.243. The Bertz CT molecular complexity index is 4840. The van der Waals surface area contributed by atoms with E-state index in [2.05, 4.69) is 0 Å². The molecule has 242 valence electrons. The van der Waals surface area contributed by atoms with Crippen molar-refractivity contribution in [3.05, 3.63) is 175 Å². The Morgan fingerprint density at radius 1 is 0.365 bits per heavy atom. The Hall–Kier alpha value is -7.04. The fourth-order valence-corrected chi connectivity index (χ4v) is 7.00. The Balaban J connectivity index is 1.25. The minimum atomic E-state index is -0.900. The maximum absolute atomic E-state index is 9.93. The SMILES string of the molecule is [2H]c1c([2H])c(-n2c3c([2H])c([2H])c([2H])c([2H])c3c3c([2H])c([2H])c([2H])c([2H])c32)c2c(oc3cc(-n4c5c([2H])c([2H])c([2H])c([2H])c5c5c([2H])c(-n6c7c([2H])c([2H])c([2H])c([2H])c7c7c([2H])c([2H])c([2H])c([2H])c76)c([2H])c([2H])c54)cc([2H])c32)c1[2H]. The lowest BCUT2D eigenvalue weighted by molar-refractivity contribution is 0.668. The number of benzene rings is 8. The normalized spacial score (nSPS) is 19.5. The van der Waals surface area contributed by atoms with Gasteiger partial charge in [-0.1, -0.05) is 96.7 Å². The lowest BCUT2D eigenvalue weighted by Gasteiger charge is -2.11. The van der Waals surface area contributed by atoms with Gasteiger partial charge in [0.2, 0.25) is 0 Å². The first-order valence-corrected chi connectivity index (χ1v) is 15.6. The number of nitrogens with zero attached hydrogens (tertiary/aromatic N) is 3. The Labute approximate surface area is 335 Å². The van der Waals surface area contributed by atoms with E-state index in [9.17, 15) is 9.60 Å². The van der Waals surface area contributed by atoms with Crippen LogP contribution in [0.4, 0.5) is 0 Å². The number of aromatic nitrogens is 3. The molecule has 8 aromatic carbocycles. The molecule has 0 aliphatic carbocycles. The van der Waals surface area contributed by atoms with Crippen LogP contribution in [0.15, 0.2) is 180 Å². The van der Waals surface area contributed by atoms with Crippen LogP contribution in [0.5, 0.6) is 0 Å². The van der Waals surface area contributed by atoms with Crippen LogP contribution in [0.1, 0.15) is 37.0 Å². The molecular weight excluding hydrogens is 635 g/mol. The first-order chi connectivity index (χ1) is 37.0. The summed E-state index contributed by atoms with van der Waals surface area (Å²) >= 11 is 0. The quantitative estimate of drug-likeness (QED) is 0.181. The zero-order valence-electron chi connectivity index (χ0n) is 52.9. The van der Waals surface area contributed by atoms with Crippen molar-refractivity contribution in [2.45, 2.75) is 0 Å². The van der Waals surface area contributed by atoms with E-state index in [-0.39, 0.29) is 32.8 Å². The van der Waals surface area contributed by atoms with Crippen LogP contribution in [0.3, 0.4) is 0 Å². The number of furan rings is 1. The van der Waals surface area contributed by atoms with Crippen molar-refractivity contribution in [2.24, 2.45) is 0 Å². The van der Waals surface area contributed by atoms with Crippen LogP contribution in [0, 0.1) is 0 Å². The van der Waals surface area contributed by atoms with Gasteiger partial charge in [0.05, 0.1) is 81.2 Å². The predicted molar refractivity (Wildman–Crippen MR) is 217 cm³/mol. The van der Waals surface area contributed by atoms with E-state index in [1.807, 2.05) is 0 Å². The van der Waals surface area contributed by atoms with Gasteiger partial charge in [-0.2, -0.15) is 0 Å². The zero-order chi connectivity index (χ0) is 57.4. The Morgan fingerprint density at radius 2 is 0.846 bits per heavy atom. The summed E-state index contributed by atoms with van der Waals surface area (Å²) in [6.07, 6.45) is 0. The maximum atomic E-state index is 9.93. The average Bonchev–Trinajstić information content (AvgIpc) is 2.83. The maximum Gasteiger partial charge on any atom is 0.137 e. The van der Waals surface area contributed by atoms with E-state index in [0.717, 1.165) is 19.8 Å². The number of para-hydroxylation sites is 5. The molecule has 4 heterocycles. The molecule has 0 radical (unpaired) electrons. The molecule has 0 saturated heterocycles. The highest BCUT2D eigenvalue weighted by Crippen LogP contribution is 2.41. The second-order valence-electron chi connectivity index (χ2n) is 11.7. The smallest absolute Gasteiger partial charge is 0.137 e. The number of fused-ring (bicyclic) bond motifs is 12. The summed E-state index contributed by atoms with van der Waals surface area (Å²) in [6.45, 7) is 0. The highest BCUT2D eigenvalue weighted by Gasteiger charge is 2.20. The summed E-state index contributed by atoms with van der Waals surface area (Å²) in [7, 11) is 0. The third-order valence-electron chi connectivity index (χ3n) is 9.09. The highest BCUT2D eigenvalue weighted by molar-refractivity contribution is 6.16. The lowest BCUT2D eigenvalue weighted by Crippen LogP contribution is -1.96. The van der Waals surface area contributed by atoms with Crippen molar-refractivity contribution < 1.29 is 41.4 Å². The molecule has 4 nitrogen and oxygen atoms in total. The molecule has 0 aliphatic rings. The van der Waals surface area contributed by atoms with E-state index < -0.39 is 235 Å².